The SMILES string of the molecule is CC(Oc1ccc(Oc2ccc(Cl)cc2Cl)cc1)C(=O)NCP(=O)(O)O. The monoisotopic (exact) mass is 419 g/mol. The van der Waals surface area contributed by atoms with Crippen LogP contribution in [0, 0.1) is 0 Å². The van der Waals surface area contributed by atoms with Gasteiger partial charge in [0.1, 0.15) is 23.5 Å². The van der Waals surface area contributed by atoms with Gasteiger partial charge in [-0.05, 0) is 49.4 Å². The number of carbonyl (C=O) groups is 1. The Labute approximate surface area is 160 Å². The lowest BCUT2D eigenvalue weighted by Crippen LogP contribution is -2.36. The lowest BCUT2D eigenvalue weighted by atomic mass is 10.3. The second kappa shape index (κ2) is 8.75. The van der Waals surface area contributed by atoms with Gasteiger partial charge in [-0.1, -0.05) is 23.2 Å². The Kier molecular flexibility index (Phi) is 6.92. The minimum Gasteiger partial charge on any atom is -0.481 e. The molecule has 1 amide bonds. The van der Waals surface area contributed by atoms with Crippen molar-refractivity contribution in [1.82, 2.24) is 5.32 Å². The highest BCUT2D eigenvalue weighted by molar-refractivity contribution is 7.51. The molecular weight excluding hydrogens is 404 g/mol. The summed E-state index contributed by atoms with van der Waals surface area (Å²) in [6, 6.07) is 11.3. The van der Waals surface area contributed by atoms with Gasteiger partial charge in [-0.2, -0.15) is 0 Å². The summed E-state index contributed by atoms with van der Waals surface area (Å²) in [6.45, 7) is 1.47. The average Bonchev–Trinajstić information content (AvgIpc) is 2.56. The first kappa shape index (κ1) is 20.6. The Bertz CT molecular complexity index is 824. The van der Waals surface area contributed by atoms with Crippen molar-refractivity contribution in [3.63, 3.8) is 0 Å². The Morgan fingerprint density at radius 2 is 1.77 bits per heavy atom. The molecule has 10 heteroatoms. The molecular formula is C16H16Cl2NO6P. The zero-order valence-corrected chi connectivity index (χ0v) is 16.0. The fourth-order valence-electron chi connectivity index (χ4n) is 1.85. The number of nitrogens with one attached hydrogen (secondary N) is 1. The number of amides is 1. The van der Waals surface area contributed by atoms with Gasteiger partial charge < -0.3 is 24.6 Å². The van der Waals surface area contributed by atoms with Crippen molar-refractivity contribution < 1.29 is 28.6 Å². The van der Waals surface area contributed by atoms with Gasteiger partial charge in [0.15, 0.2) is 6.10 Å². The van der Waals surface area contributed by atoms with E-state index in [4.69, 9.17) is 42.5 Å². The van der Waals surface area contributed by atoms with Crippen LogP contribution >= 0.6 is 30.8 Å². The number of hydrogen-bond acceptors (Lipinski definition) is 4. The van der Waals surface area contributed by atoms with Gasteiger partial charge in [0.25, 0.3) is 5.91 Å². The Morgan fingerprint density at radius 1 is 1.15 bits per heavy atom. The zero-order valence-electron chi connectivity index (χ0n) is 13.6. The van der Waals surface area contributed by atoms with Crippen LogP contribution in [-0.4, -0.2) is 28.1 Å². The van der Waals surface area contributed by atoms with E-state index < -0.39 is 25.9 Å². The van der Waals surface area contributed by atoms with Gasteiger partial charge in [0.05, 0.1) is 5.02 Å². The van der Waals surface area contributed by atoms with E-state index in [2.05, 4.69) is 5.32 Å². The molecule has 0 aromatic heterocycles. The molecule has 0 heterocycles. The molecule has 0 saturated heterocycles. The van der Waals surface area contributed by atoms with Crippen LogP contribution in [0.4, 0.5) is 0 Å². The summed E-state index contributed by atoms with van der Waals surface area (Å²) in [4.78, 5) is 29.2. The number of benzene rings is 2. The molecule has 1 atom stereocenters. The van der Waals surface area contributed by atoms with Crippen LogP contribution in [-0.2, 0) is 9.36 Å². The number of hydrogen-bond donors (Lipinski definition) is 3. The molecule has 0 spiro atoms. The first-order valence-electron chi connectivity index (χ1n) is 7.36. The summed E-state index contributed by atoms with van der Waals surface area (Å²) in [7, 11) is -4.31. The predicted octanol–water partition coefficient (Wildman–Crippen LogP) is 3.80. The summed E-state index contributed by atoms with van der Waals surface area (Å²) in [5.74, 6) is 0.690. The predicted molar refractivity (Wildman–Crippen MR) is 98.1 cm³/mol. The lowest BCUT2D eigenvalue weighted by Gasteiger charge is -2.15. The highest BCUT2D eigenvalue weighted by Gasteiger charge is 2.19. The fraction of sp³-hybridized carbons (Fsp3) is 0.188. The topological polar surface area (TPSA) is 105 Å². The van der Waals surface area contributed by atoms with Gasteiger partial charge >= 0.3 is 7.60 Å². The fourth-order valence-corrected chi connectivity index (χ4v) is 2.66. The van der Waals surface area contributed by atoms with E-state index in [1.807, 2.05) is 0 Å². The number of halogens is 2. The van der Waals surface area contributed by atoms with Crippen molar-refractivity contribution in [2.45, 2.75) is 13.0 Å². The molecule has 0 fully saturated rings. The Morgan fingerprint density at radius 3 is 2.35 bits per heavy atom. The number of carbonyl (C=O) groups excluding carboxylic acids is 1. The second-order valence-corrected chi connectivity index (χ2v) is 7.76. The molecule has 140 valence electrons. The summed E-state index contributed by atoms with van der Waals surface area (Å²) in [5, 5.41) is 2.99. The van der Waals surface area contributed by atoms with Gasteiger partial charge in [-0.25, -0.2) is 0 Å². The molecule has 0 radical (unpaired) electrons. The third-order valence-corrected chi connectivity index (χ3v) is 4.19. The molecule has 0 bridgehead atoms. The first-order chi connectivity index (χ1) is 12.1. The Hall–Kier alpha value is -1.76. The largest absolute Gasteiger partial charge is 0.481 e. The van der Waals surface area contributed by atoms with Gasteiger partial charge in [-0.3, -0.25) is 9.36 Å². The minimum absolute atomic E-state index is 0.369. The summed E-state index contributed by atoms with van der Waals surface area (Å²) >= 11 is 11.9. The highest BCUT2D eigenvalue weighted by atomic mass is 35.5. The van der Waals surface area contributed by atoms with E-state index in [-0.39, 0.29) is 0 Å². The molecule has 0 saturated carbocycles. The molecule has 2 aromatic rings. The molecule has 0 aliphatic heterocycles. The van der Waals surface area contributed by atoms with Gasteiger partial charge in [0.2, 0.25) is 0 Å². The van der Waals surface area contributed by atoms with E-state index >= 15 is 0 Å². The number of ether oxygens (including phenoxy) is 2. The van der Waals surface area contributed by atoms with Crippen LogP contribution < -0.4 is 14.8 Å². The second-order valence-electron chi connectivity index (χ2n) is 5.27. The maximum absolute atomic E-state index is 11.7. The summed E-state index contributed by atoms with van der Waals surface area (Å²) in [6.07, 6.45) is -1.67. The summed E-state index contributed by atoms with van der Waals surface area (Å²) in [5.41, 5.74) is 0. The molecule has 7 nitrogen and oxygen atoms in total. The normalized spacial score (nSPS) is 12.3. The van der Waals surface area contributed by atoms with Crippen LogP contribution in [0.3, 0.4) is 0 Å². The molecule has 26 heavy (non-hydrogen) atoms. The summed E-state index contributed by atoms with van der Waals surface area (Å²) < 4.78 is 21.8. The van der Waals surface area contributed by atoms with Crippen molar-refractivity contribution in [3.8, 4) is 17.2 Å². The van der Waals surface area contributed by atoms with E-state index in [1.54, 1.807) is 42.5 Å². The maximum atomic E-state index is 11.7. The van der Waals surface area contributed by atoms with Crippen molar-refractivity contribution in [1.29, 1.82) is 0 Å². The Balaban J connectivity index is 1.94. The van der Waals surface area contributed by atoms with Crippen molar-refractivity contribution in [2.24, 2.45) is 0 Å². The zero-order chi connectivity index (χ0) is 19.3. The van der Waals surface area contributed by atoms with Crippen molar-refractivity contribution in [3.05, 3.63) is 52.5 Å². The van der Waals surface area contributed by atoms with Gasteiger partial charge in [-0.15, -0.1) is 0 Å². The van der Waals surface area contributed by atoms with Crippen LogP contribution in [0.2, 0.25) is 10.0 Å². The molecule has 2 aromatic carbocycles. The van der Waals surface area contributed by atoms with Crippen molar-refractivity contribution in [2.75, 3.05) is 6.29 Å². The smallest absolute Gasteiger partial charge is 0.344 e. The van der Waals surface area contributed by atoms with Gasteiger partial charge in [0, 0.05) is 5.02 Å². The first-order valence-corrected chi connectivity index (χ1v) is 9.91. The lowest BCUT2D eigenvalue weighted by molar-refractivity contribution is -0.127. The third kappa shape index (κ3) is 6.52. The third-order valence-electron chi connectivity index (χ3n) is 3.09. The molecule has 0 aliphatic rings. The van der Waals surface area contributed by atoms with Crippen molar-refractivity contribution >= 4 is 36.7 Å². The molecule has 0 aliphatic carbocycles. The van der Waals surface area contributed by atoms with Crippen LogP contribution in [0.15, 0.2) is 42.5 Å². The van der Waals surface area contributed by atoms with E-state index in [1.165, 1.54) is 6.92 Å². The molecule has 3 N–H and O–H groups in total. The maximum Gasteiger partial charge on any atom is 0.344 e. The highest BCUT2D eigenvalue weighted by Crippen LogP contribution is 2.33. The number of rotatable bonds is 7. The molecule has 1 unspecified atom stereocenters. The van der Waals surface area contributed by atoms with Crippen LogP contribution in [0.5, 0.6) is 17.2 Å². The van der Waals surface area contributed by atoms with Crippen LogP contribution in [0.25, 0.3) is 0 Å². The van der Waals surface area contributed by atoms with E-state index in [0.717, 1.165) is 0 Å². The average molecular weight is 420 g/mol. The van der Waals surface area contributed by atoms with E-state index in [9.17, 15) is 9.36 Å². The standard InChI is InChI=1S/C16H16Cl2NO6P/c1-10(16(20)19-9-26(21,22)23)24-12-3-5-13(6-4-12)25-15-7-2-11(17)8-14(15)18/h2-8,10H,9H2,1H3,(H,19,20)(H2,21,22,23). The minimum atomic E-state index is -4.31. The molecule has 2 rings (SSSR count). The quantitative estimate of drug-likeness (QED) is 0.589. The van der Waals surface area contributed by atoms with Crippen LogP contribution in [0.1, 0.15) is 6.92 Å². The van der Waals surface area contributed by atoms with E-state index in [0.29, 0.717) is 27.3 Å².